The van der Waals surface area contributed by atoms with Crippen molar-refractivity contribution in [1.29, 1.82) is 10.5 Å². The predicted octanol–water partition coefficient (Wildman–Crippen LogP) is -0.191. The van der Waals surface area contributed by atoms with E-state index in [-0.39, 0.29) is 51.9 Å². The normalized spacial score (nSPS) is 0.667. The van der Waals surface area contributed by atoms with E-state index in [4.69, 9.17) is 23.7 Å². The van der Waals surface area contributed by atoms with Gasteiger partial charge in [-0.25, -0.2) is 0 Å². The van der Waals surface area contributed by atoms with Crippen molar-refractivity contribution in [1.82, 2.24) is 0 Å². The Labute approximate surface area is 74.9 Å². The first-order valence-corrected chi connectivity index (χ1v) is 0.447. The molecule has 4 heteroatoms. The Bertz CT molecular complexity index is 27.0. The molecule has 0 saturated carbocycles. The van der Waals surface area contributed by atoms with E-state index in [1.165, 1.54) is 0 Å². The average molecular weight is 272 g/mol. The third-order valence-electron chi connectivity index (χ3n) is 0. The van der Waals surface area contributed by atoms with E-state index in [1.54, 1.807) is 0 Å². The molecule has 0 aromatic rings. The van der Waals surface area contributed by atoms with Gasteiger partial charge in [0.25, 0.3) is 0 Å². The van der Waals surface area contributed by atoms with E-state index in [0.717, 1.165) is 0 Å². The summed E-state index contributed by atoms with van der Waals surface area (Å²) in [5, 5.41) is 12.5. The van der Waals surface area contributed by atoms with Gasteiger partial charge in [0.05, 0.1) is 0 Å². The van der Waals surface area contributed by atoms with Gasteiger partial charge in [-0.15, -0.1) is 0 Å². The summed E-state index contributed by atoms with van der Waals surface area (Å²) in [5.41, 5.74) is 0. The van der Waals surface area contributed by atoms with Crippen molar-refractivity contribution in [2.45, 2.75) is 0 Å². The number of hydrogen-bond acceptors (Lipinski definition) is 2. The molecule has 0 atom stereocenters. The Balaban J connectivity index is -0.00000000500. The summed E-state index contributed by atoms with van der Waals surface area (Å²) < 4.78 is 0. The zero-order chi connectivity index (χ0) is 4.00. The van der Waals surface area contributed by atoms with Gasteiger partial charge in [-0.1, -0.05) is 0 Å². The molecular formula is C2AuN2Na-2. The summed E-state index contributed by atoms with van der Waals surface area (Å²) in [6.07, 6.45) is 0. The number of hydrogen-bond donors (Lipinski definition) is 0. The summed E-state index contributed by atoms with van der Waals surface area (Å²) in [7, 11) is 0. The second-order valence-electron chi connectivity index (χ2n) is 0. The van der Waals surface area contributed by atoms with Crippen LogP contribution in [0.3, 0.4) is 0 Å². The molecule has 2 nitrogen and oxygen atoms in total. The van der Waals surface area contributed by atoms with Crippen molar-refractivity contribution < 1.29 is 22.4 Å². The minimum Gasteiger partial charge on any atom is -0.512 e. The zero-order valence-corrected chi connectivity index (χ0v) is 7.36. The van der Waals surface area contributed by atoms with Gasteiger partial charge in [0.2, 0.25) is 0 Å². The standard InChI is InChI=1S/2CN.Au.Na/c2*1-2;;/q2*-1;;. The summed E-state index contributed by atoms with van der Waals surface area (Å²) in [5.74, 6) is 0. The smallest absolute Gasteiger partial charge is 0 e. The molecule has 0 heterocycles. The van der Waals surface area contributed by atoms with Gasteiger partial charge in [-0.05, 0) is 0 Å². The maximum absolute atomic E-state index is 6.25. The Morgan fingerprint density at radius 1 is 0.833 bits per heavy atom. The summed E-state index contributed by atoms with van der Waals surface area (Å²) >= 11 is 0. The molecule has 0 aliphatic heterocycles. The summed E-state index contributed by atoms with van der Waals surface area (Å²) in [6.45, 7) is 9.50. The molecule has 0 aliphatic rings. The largest absolute Gasteiger partial charge is 0.512 e. The van der Waals surface area contributed by atoms with Gasteiger partial charge in [-0.2, -0.15) is 0 Å². The van der Waals surface area contributed by atoms with Gasteiger partial charge in [0.15, 0.2) is 0 Å². The van der Waals surface area contributed by atoms with Crippen molar-refractivity contribution in [2.75, 3.05) is 0 Å². The van der Waals surface area contributed by atoms with Gasteiger partial charge >= 0.3 is 0 Å². The van der Waals surface area contributed by atoms with Crippen LogP contribution in [0.4, 0.5) is 0 Å². The van der Waals surface area contributed by atoms with E-state index in [0.29, 0.717) is 0 Å². The summed E-state index contributed by atoms with van der Waals surface area (Å²) in [4.78, 5) is 0. The molecule has 0 saturated heterocycles. The molecule has 2 radical (unpaired) electrons. The fraction of sp³-hybridized carbons (Fsp3) is 0. The van der Waals surface area contributed by atoms with Crippen LogP contribution in [0.15, 0.2) is 0 Å². The molecule has 6 heavy (non-hydrogen) atoms. The van der Waals surface area contributed by atoms with Gasteiger partial charge in [0, 0.05) is 51.9 Å². The maximum Gasteiger partial charge on any atom is 0 e. The molecule has 0 aliphatic carbocycles. The van der Waals surface area contributed by atoms with Crippen molar-refractivity contribution >= 4 is 29.6 Å². The Kier molecular flexibility index (Phi) is 1220. The molecule has 0 N–H and O–H groups in total. The first-order chi connectivity index (χ1) is 2.00. The first-order valence-electron chi connectivity index (χ1n) is 0.447. The van der Waals surface area contributed by atoms with Crippen LogP contribution in [-0.4, -0.2) is 29.6 Å². The van der Waals surface area contributed by atoms with Crippen molar-refractivity contribution in [2.24, 2.45) is 0 Å². The molecule has 0 aromatic carbocycles. The van der Waals surface area contributed by atoms with Crippen LogP contribution in [-0.2, 0) is 22.4 Å². The molecule has 0 spiro atoms. The molecule has 0 amide bonds. The third-order valence-corrected chi connectivity index (χ3v) is 0. The molecule has 0 fully saturated rings. The predicted molar refractivity (Wildman–Crippen MR) is 15.7 cm³/mol. The van der Waals surface area contributed by atoms with Gasteiger partial charge in [-0.3, -0.25) is 0 Å². The Hall–Kier alpha value is 0.720. The second-order valence-corrected chi connectivity index (χ2v) is 0. The Morgan fingerprint density at radius 2 is 0.833 bits per heavy atom. The van der Waals surface area contributed by atoms with Crippen LogP contribution in [0.1, 0.15) is 0 Å². The first kappa shape index (κ1) is 29.7. The SMILES string of the molecule is [Au].[C-]#N.[C-]#N.[Na]. The maximum atomic E-state index is 6.25. The van der Waals surface area contributed by atoms with E-state index < -0.39 is 0 Å². The van der Waals surface area contributed by atoms with E-state index in [2.05, 4.69) is 0 Å². The van der Waals surface area contributed by atoms with E-state index in [1.807, 2.05) is 0 Å². The van der Waals surface area contributed by atoms with Gasteiger partial charge < -0.3 is 23.7 Å². The average Bonchev–Trinajstić information content (AvgIpc) is 1.50. The van der Waals surface area contributed by atoms with Crippen LogP contribution in [0.5, 0.6) is 0 Å². The van der Waals surface area contributed by atoms with Crippen LogP contribution < -0.4 is 0 Å². The minimum absolute atomic E-state index is 0. The molecular weight excluding hydrogens is 272 g/mol. The van der Waals surface area contributed by atoms with E-state index in [9.17, 15) is 0 Å². The van der Waals surface area contributed by atoms with Crippen LogP contribution >= 0.6 is 0 Å². The zero-order valence-electron chi connectivity index (χ0n) is 3.20. The fourth-order valence-corrected chi connectivity index (χ4v) is 0. The fourth-order valence-electron chi connectivity index (χ4n) is 0. The topological polar surface area (TPSA) is 47.6 Å². The molecule has 0 bridgehead atoms. The van der Waals surface area contributed by atoms with Crippen molar-refractivity contribution in [3.63, 3.8) is 0 Å². The second kappa shape index (κ2) is 246. The Morgan fingerprint density at radius 3 is 0.833 bits per heavy atom. The quantitative estimate of drug-likeness (QED) is 0.453. The van der Waals surface area contributed by atoms with Crippen LogP contribution in [0.25, 0.3) is 0 Å². The number of nitrogens with zero attached hydrogens (tertiary/aromatic N) is 2. The monoisotopic (exact) mass is 272 g/mol. The molecule has 0 aromatic heterocycles. The van der Waals surface area contributed by atoms with Crippen molar-refractivity contribution in [3.8, 4) is 0 Å². The minimum atomic E-state index is 0. The molecule has 0 rings (SSSR count). The molecule has 0 unspecified atom stereocenters. The number of rotatable bonds is 0. The van der Waals surface area contributed by atoms with Gasteiger partial charge in [0.1, 0.15) is 0 Å². The third kappa shape index (κ3) is 126. The summed E-state index contributed by atoms with van der Waals surface area (Å²) in [6, 6.07) is 0. The van der Waals surface area contributed by atoms with Crippen LogP contribution in [0, 0.1) is 23.7 Å². The van der Waals surface area contributed by atoms with E-state index >= 15 is 0 Å². The molecule has 32 valence electrons. The van der Waals surface area contributed by atoms with Crippen molar-refractivity contribution in [3.05, 3.63) is 13.1 Å². The van der Waals surface area contributed by atoms with Crippen LogP contribution in [0.2, 0.25) is 0 Å².